The van der Waals surface area contributed by atoms with Crippen LogP contribution in [0.1, 0.15) is 6.92 Å². The summed E-state index contributed by atoms with van der Waals surface area (Å²) in [4.78, 5) is 14.7. The summed E-state index contributed by atoms with van der Waals surface area (Å²) in [6.45, 7) is 6.64. The maximum Gasteiger partial charge on any atom is 0.269 e. The summed E-state index contributed by atoms with van der Waals surface area (Å²) in [5.74, 6) is 0. The molecule has 1 N–H and O–H groups in total. The molecule has 0 atom stereocenters. The third kappa shape index (κ3) is 4.37. The molecule has 8 nitrogen and oxygen atoms in total. The van der Waals surface area contributed by atoms with Gasteiger partial charge in [0.05, 0.1) is 21.2 Å². The van der Waals surface area contributed by atoms with Gasteiger partial charge in [-0.25, -0.2) is 8.42 Å². The third-order valence-electron chi connectivity index (χ3n) is 4.67. The van der Waals surface area contributed by atoms with Gasteiger partial charge in [-0.1, -0.05) is 19.1 Å². The molecule has 3 rings (SSSR count). The van der Waals surface area contributed by atoms with Gasteiger partial charge in [0.1, 0.15) is 0 Å². The zero-order chi connectivity index (χ0) is 19.4. The van der Waals surface area contributed by atoms with Crippen molar-refractivity contribution in [3.05, 3.63) is 58.6 Å². The van der Waals surface area contributed by atoms with Crippen molar-refractivity contribution < 1.29 is 13.3 Å². The molecule has 27 heavy (non-hydrogen) atoms. The van der Waals surface area contributed by atoms with Crippen LogP contribution in [-0.4, -0.2) is 51.0 Å². The summed E-state index contributed by atoms with van der Waals surface area (Å²) in [6, 6.07) is 12.1. The minimum absolute atomic E-state index is 0.0151. The van der Waals surface area contributed by atoms with Gasteiger partial charge in [-0.15, -0.1) is 0 Å². The van der Waals surface area contributed by atoms with Crippen LogP contribution in [0.3, 0.4) is 0 Å². The Bertz CT molecular complexity index is 907. The molecule has 1 aliphatic heterocycles. The molecule has 0 amide bonds. The topological polar surface area (TPSA) is 95.8 Å². The zero-order valence-corrected chi connectivity index (χ0v) is 15.9. The maximum absolute atomic E-state index is 12.7. The molecule has 1 fully saturated rings. The quantitative estimate of drug-likeness (QED) is 0.601. The minimum Gasteiger partial charge on any atom is -0.367 e. The molecule has 0 radical (unpaired) electrons. The molecule has 1 aliphatic rings. The lowest BCUT2D eigenvalue weighted by Crippen LogP contribution is -2.46. The monoisotopic (exact) mass is 390 g/mol. The highest BCUT2D eigenvalue weighted by Crippen LogP contribution is 2.29. The fourth-order valence-electron chi connectivity index (χ4n) is 3.09. The van der Waals surface area contributed by atoms with Crippen molar-refractivity contribution in [1.29, 1.82) is 0 Å². The number of rotatable bonds is 6. The summed E-state index contributed by atoms with van der Waals surface area (Å²) in [5, 5.41) is 10.7. The number of hydrogen-bond donors (Lipinski definition) is 1. The molecule has 2 aromatic carbocycles. The van der Waals surface area contributed by atoms with Crippen molar-refractivity contribution in [3.63, 3.8) is 0 Å². The standard InChI is InChI=1S/C18H22N4O4S/c1-2-20-11-13-21(14-12-20)18-6-4-3-5-17(18)19-27(25,26)16-9-7-15(8-10-16)22(23)24/h3-10,19H,2,11-14H2,1H3. The van der Waals surface area contributed by atoms with E-state index in [0.717, 1.165) is 38.4 Å². The van der Waals surface area contributed by atoms with Crippen LogP contribution >= 0.6 is 0 Å². The second-order valence-electron chi connectivity index (χ2n) is 6.29. The van der Waals surface area contributed by atoms with E-state index in [9.17, 15) is 18.5 Å². The van der Waals surface area contributed by atoms with E-state index >= 15 is 0 Å². The van der Waals surface area contributed by atoms with Gasteiger partial charge < -0.3 is 9.80 Å². The van der Waals surface area contributed by atoms with E-state index in [-0.39, 0.29) is 10.6 Å². The Hall–Kier alpha value is -2.65. The van der Waals surface area contributed by atoms with Crippen LogP contribution in [0.5, 0.6) is 0 Å². The van der Waals surface area contributed by atoms with E-state index in [1.807, 2.05) is 12.1 Å². The molecule has 0 bridgehead atoms. The molecule has 0 aromatic heterocycles. The van der Waals surface area contributed by atoms with Crippen LogP contribution < -0.4 is 9.62 Å². The first-order chi connectivity index (χ1) is 12.9. The Balaban J connectivity index is 1.82. The van der Waals surface area contributed by atoms with Crippen molar-refractivity contribution in [1.82, 2.24) is 4.90 Å². The molecule has 0 unspecified atom stereocenters. The summed E-state index contributed by atoms with van der Waals surface area (Å²) in [7, 11) is -3.84. The first-order valence-electron chi connectivity index (χ1n) is 8.74. The number of benzene rings is 2. The first-order valence-corrected chi connectivity index (χ1v) is 10.2. The lowest BCUT2D eigenvalue weighted by molar-refractivity contribution is -0.384. The van der Waals surface area contributed by atoms with Crippen LogP contribution in [0.15, 0.2) is 53.4 Å². The SMILES string of the molecule is CCN1CCN(c2ccccc2NS(=O)(=O)c2ccc([N+](=O)[O-])cc2)CC1. The predicted molar refractivity (Wildman–Crippen MR) is 105 cm³/mol. The number of non-ortho nitro benzene ring substituents is 1. The van der Waals surface area contributed by atoms with Crippen LogP contribution in [0, 0.1) is 10.1 Å². The first kappa shape index (κ1) is 19.1. The minimum atomic E-state index is -3.84. The number of sulfonamides is 1. The number of anilines is 2. The summed E-state index contributed by atoms with van der Waals surface area (Å²) >= 11 is 0. The number of likely N-dealkylation sites (N-methyl/N-ethyl adjacent to an activating group) is 1. The Kier molecular flexibility index (Phi) is 5.62. The van der Waals surface area contributed by atoms with Gasteiger partial charge in [0.25, 0.3) is 15.7 Å². The average Bonchev–Trinajstić information content (AvgIpc) is 2.68. The molecular formula is C18H22N4O4S. The van der Waals surface area contributed by atoms with E-state index in [0.29, 0.717) is 5.69 Å². The van der Waals surface area contributed by atoms with Crippen molar-refractivity contribution in [2.45, 2.75) is 11.8 Å². The van der Waals surface area contributed by atoms with Crippen LogP contribution in [-0.2, 0) is 10.0 Å². The average molecular weight is 390 g/mol. The second kappa shape index (κ2) is 7.93. The van der Waals surface area contributed by atoms with Crippen molar-refractivity contribution in [2.24, 2.45) is 0 Å². The fourth-order valence-corrected chi connectivity index (χ4v) is 4.17. The number of hydrogen-bond acceptors (Lipinski definition) is 6. The molecule has 9 heteroatoms. The van der Waals surface area contributed by atoms with Gasteiger partial charge >= 0.3 is 0 Å². The lowest BCUT2D eigenvalue weighted by Gasteiger charge is -2.36. The Morgan fingerprint density at radius 3 is 2.26 bits per heavy atom. The largest absolute Gasteiger partial charge is 0.367 e. The number of para-hydroxylation sites is 2. The number of nitrogens with zero attached hydrogens (tertiary/aromatic N) is 3. The van der Waals surface area contributed by atoms with Gasteiger partial charge in [0.15, 0.2) is 0 Å². The molecular weight excluding hydrogens is 368 g/mol. The normalized spacial score (nSPS) is 15.5. The molecule has 0 aliphatic carbocycles. The van der Waals surface area contributed by atoms with Crippen LogP contribution in [0.2, 0.25) is 0 Å². The van der Waals surface area contributed by atoms with Crippen LogP contribution in [0.25, 0.3) is 0 Å². The van der Waals surface area contributed by atoms with Gasteiger partial charge in [0.2, 0.25) is 0 Å². The van der Waals surface area contributed by atoms with Gasteiger partial charge in [-0.2, -0.15) is 0 Å². The lowest BCUT2D eigenvalue weighted by atomic mass is 10.2. The zero-order valence-electron chi connectivity index (χ0n) is 15.0. The highest BCUT2D eigenvalue weighted by molar-refractivity contribution is 7.92. The smallest absolute Gasteiger partial charge is 0.269 e. The van der Waals surface area contributed by atoms with Gasteiger partial charge in [-0.05, 0) is 30.8 Å². The van der Waals surface area contributed by atoms with Crippen molar-refractivity contribution in [3.8, 4) is 0 Å². The summed E-state index contributed by atoms with van der Waals surface area (Å²) in [6.07, 6.45) is 0. The molecule has 0 spiro atoms. The molecule has 0 saturated carbocycles. The van der Waals surface area contributed by atoms with Gasteiger partial charge in [0, 0.05) is 38.3 Å². The summed E-state index contributed by atoms with van der Waals surface area (Å²) in [5.41, 5.74) is 1.18. The maximum atomic E-state index is 12.7. The molecule has 1 heterocycles. The fraction of sp³-hybridized carbons (Fsp3) is 0.333. The number of nitrogens with one attached hydrogen (secondary N) is 1. The van der Waals surface area contributed by atoms with E-state index in [2.05, 4.69) is 21.4 Å². The molecule has 144 valence electrons. The van der Waals surface area contributed by atoms with Crippen molar-refractivity contribution >= 4 is 27.1 Å². The second-order valence-corrected chi connectivity index (χ2v) is 7.98. The van der Waals surface area contributed by atoms with Crippen LogP contribution in [0.4, 0.5) is 17.1 Å². The Morgan fingerprint density at radius 2 is 1.67 bits per heavy atom. The summed E-state index contributed by atoms with van der Waals surface area (Å²) < 4.78 is 28.0. The number of piperazine rings is 1. The van der Waals surface area contributed by atoms with Gasteiger partial charge in [-0.3, -0.25) is 14.8 Å². The Labute approximate surface area is 158 Å². The van der Waals surface area contributed by atoms with E-state index in [4.69, 9.17) is 0 Å². The van der Waals surface area contributed by atoms with E-state index in [1.54, 1.807) is 12.1 Å². The molecule has 2 aromatic rings. The number of nitro groups is 1. The highest BCUT2D eigenvalue weighted by atomic mass is 32.2. The highest BCUT2D eigenvalue weighted by Gasteiger charge is 2.21. The van der Waals surface area contributed by atoms with E-state index in [1.165, 1.54) is 24.3 Å². The van der Waals surface area contributed by atoms with Crippen molar-refractivity contribution in [2.75, 3.05) is 42.3 Å². The Morgan fingerprint density at radius 1 is 1.04 bits per heavy atom. The predicted octanol–water partition coefficient (Wildman–Crippen LogP) is 2.54. The third-order valence-corrected chi connectivity index (χ3v) is 6.05. The molecule has 1 saturated heterocycles. The van der Waals surface area contributed by atoms with E-state index < -0.39 is 14.9 Å². The number of nitro benzene ring substituents is 1.